The van der Waals surface area contributed by atoms with Crippen LogP contribution in [0.1, 0.15) is 28.5 Å². The van der Waals surface area contributed by atoms with Crippen molar-refractivity contribution in [3.63, 3.8) is 0 Å². The zero-order valence-electron chi connectivity index (χ0n) is 23.4. The molecule has 6 nitrogen and oxygen atoms in total. The average molecular weight is 616 g/mol. The number of ether oxygens (including phenoxy) is 2. The minimum atomic E-state index is -0.667. The van der Waals surface area contributed by atoms with Gasteiger partial charge in [0, 0.05) is 39.7 Å². The van der Waals surface area contributed by atoms with E-state index in [1.807, 2.05) is 22.8 Å². The number of aromatic nitrogens is 3. The predicted octanol–water partition coefficient (Wildman–Crippen LogP) is 8.57. The Balaban J connectivity index is 1.39. The van der Waals surface area contributed by atoms with Gasteiger partial charge in [-0.25, -0.2) is 22.9 Å². The quantitative estimate of drug-likeness (QED) is 0.165. The second-order valence-electron chi connectivity index (χ2n) is 10.1. The molecule has 2 heterocycles. The summed E-state index contributed by atoms with van der Waals surface area (Å²) in [5.74, 6) is -1.73. The molecule has 0 fully saturated rings. The van der Waals surface area contributed by atoms with Crippen LogP contribution < -0.4 is 4.74 Å². The van der Waals surface area contributed by atoms with Crippen molar-refractivity contribution in [2.24, 2.45) is 0 Å². The van der Waals surface area contributed by atoms with E-state index in [0.29, 0.717) is 50.9 Å². The average Bonchev–Trinajstić information content (AvgIpc) is 3.57. The van der Waals surface area contributed by atoms with Crippen molar-refractivity contribution in [2.45, 2.75) is 20.1 Å². The second kappa shape index (κ2) is 12.3. The number of H-pyrrole nitrogens is 1. The van der Waals surface area contributed by atoms with E-state index in [-0.39, 0.29) is 24.7 Å². The summed E-state index contributed by atoms with van der Waals surface area (Å²) in [5.41, 5.74) is 4.57. The fourth-order valence-electron chi connectivity index (χ4n) is 5.10. The van der Waals surface area contributed by atoms with Crippen LogP contribution >= 0.6 is 11.6 Å². The van der Waals surface area contributed by atoms with Crippen LogP contribution in [0.5, 0.6) is 5.75 Å². The number of nitrogens with one attached hydrogen (secondary N) is 1. The van der Waals surface area contributed by atoms with Crippen molar-refractivity contribution in [3.05, 3.63) is 131 Å². The van der Waals surface area contributed by atoms with Gasteiger partial charge in [-0.15, -0.1) is 0 Å². The molecule has 0 unspecified atom stereocenters. The maximum Gasteiger partial charge on any atom is 0.355 e. The van der Waals surface area contributed by atoms with Crippen LogP contribution in [0.2, 0.25) is 5.02 Å². The van der Waals surface area contributed by atoms with E-state index in [1.165, 1.54) is 24.3 Å². The Morgan fingerprint density at radius 3 is 2.32 bits per heavy atom. The Morgan fingerprint density at radius 2 is 1.61 bits per heavy atom. The van der Waals surface area contributed by atoms with Crippen LogP contribution in [-0.2, 0) is 17.9 Å². The van der Waals surface area contributed by atoms with Gasteiger partial charge >= 0.3 is 5.97 Å². The Bertz CT molecular complexity index is 1950. The molecule has 0 saturated heterocycles. The van der Waals surface area contributed by atoms with Crippen LogP contribution in [0.4, 0.5) is 13.2 Å². The lowest BCUT2D eigenvalue weighted by Crippen LogP contribution is -2.09. The molecule has 10 heteroatoms. The van der Waals surface area contributed by atoms with E-state index >= 15 is 0 Å². The monoisotopic (exact) mass is 615 g/mol. The Kier molecular flexibility index (Phi) is 8.13. The number of rotatable bonds is 9. The molecule has 0 aliphatic rings. The number of halogens is 4. The summed E-state index contributed by atoms with van der Waals surface area (Å²) < 4.78 is 53.9. The van der Waals surface area contributed by atoms with Gasteiger partial charge in [0.15, 0.2) is 0 Å². The third kappa shape index (κ3) is 6.05. The number of hydrogen-bond acceptors (Lipinski definition) is 4. The molecule has 4 aromatic carbocycles. The molecule has 1 N–H and O–H groups in total. The first-order valence-corrected chi connectivity index (χ1v) is 14.1. The van der Waals surface area contributed by atoms with Gasteiger partial charge in [-0.3, -0.25) is 0 Å². The highest BCUT2D eigenvalue weighted by Gasteiger charge is 2.26. The summed E-state index contributed by atoms with van der Waals surface area (Å²) in [5, 5.41) is 1.23. The van der Waals surface area contributed by atoms with Crippen molar-refractivity contribution in [1.82, 2.24) is 14.5 Å². The summed E-state index contributed by atoms with van der Waals surface area (Å²) in [6, 6.07) is 21.8. The maximum atomic E-state index is 13.8. The molecule has 0 aliphatic heterocycles. The second-order valence-corrected chi connectivity index (χ2v) is 10.5. The van der Waals surface area contributed by atoms with Gasteiger partial charge in [0.2, 0.25) is 0 Å². The number of hydrogen-bond donors (Lipinski definition) is 1. The molecule has 44 heavy (non-hydrogen) atoms. The summed E-state index contributed by atoms with van der Waals surface area (Å²) in [6.07, 6.45) is 1.67. The standard InChI is InChI=1S/C34H25ClF3N3O3/c1-2-43-34(42)32-30(28-12-7-23(35)15-29(28)40-32)33-31(22-5-8-24(36)9-6-22)39-19-41(33)17-20-3-10-27(11-4-20)44-18-21-13-25(37)16-26(38)14-21/h3-16,19,40H,2,17-18H2,1H3. The van der Waals surface area contributed by atoms with Crippen LogP contribution in [0, 0.1) is 17.5 Å². The van der Waals surface area contributed by atoms with Gasteiger partial charge in [0.05, 0.1) is 24.3 Å². The highest BCUT2D eigenvalue weighted by atomic mass is 35.5. The van der Waals surface area contributed by atoms with E-state index in [0.717, 1.165) is 17.0 Å². The molecule has 0 bridgehead atoms. The zero-order chi connectivity index (χ0) is 30.8. The van der Waals surface area contributed by atoms with Crippen LogP contribution in [0.15, 0.2) is 91.3 Å². The fourth-order valence-corrected chi connectivity index (χ4v) is 5.28. The van der Waals surface area contributed by atoms with Crippen molar-refractivity contribution in [2.75, 3.05) is 6.61 Å². The molecule has 0 spiro atoms. The first-order chi connectivity index (χ1) is 21.3. The highest BCUT2D eigenvalue weighted by molar-refractivity contribution is 6.31. The lowest BCUT2D eigenvalue weighted by Gasteiger charge is -2.13. The molecular weight excluding hydrogens is 591 g/mol. The van der Waals surface area contributed by atoms with Crippen molar-refractivity contribution in [1.29, 1.82) is 0 Å². The molecule has 0 aliphatic carbocycles. The van der Waals surface area contributed by atoms with Gasteiger partial charge < -0.3 is 19.0 Å². The van der Waals surface area contributed by atoms with Gasteiger partial charge in [0.25, 0.3) is 0 Å². The summed E-state index contributed by atoms with van der Waals surface area (Å²) >= 11 is 6.28. The third-order valence-electron chi connectivity index (χ3n) is 7.04. The Labute approximate surface area is 255 Å². The minimum absolute atomic E-state index is 0.00193. The van der Waals surface area contributed by atoms with Crippen molar-refractivity contribution >= 4 is 28.5 Å². The lowest BCUT2D eigenvalue weighted by molar-refractivity contribution is 0.0521. The summed E-state index contributed by atoms with van der Waals surface area (Å²) in [4.78, 5) is 21.1. The van der Waals surface area contributed by atoms with Crippen molar-refractivity contribution < 1.29 is 27.4 Å². The molecule has 6 rings (SSSR count). The first-order valence-electron chi connectivity index (χ1n) is 13.8. The minimum Gasteiger partial charge on any atom is -0.489 e. The van der Waals surface area contributed by atoms with E-state index in [2.05, 4.69) is 4.98 Å². The van der Waals surface area contributed by atoms with Gasteiger partial charge in [-0.1, -0.05) is 29.8 Å². The zero-order valence-corrected chi connectivity index (χ0v) is 24.2. The third-order valence-corrected chi connectivity index (χ3v) is 7.27. The fraction of sp³-hybridized carbons (Fsp3) is 0.118. The molecule has 0 amide bonds. The largest absolute Gasteiger partial charge is 0.489 e. The Hall–Kier alpha value is -5.02. The lowest BCUT2D eigenvalue weighted by atomic mass is 10.0. The molecule has 2 aromatic heterocycles. The first kappa shape index (κ1) is 29.1. The molecule has 0 saturated carbocycles. The number of carbonyl (C=O) groups is 1. The maximum absolute atomic E-state index is 13.8. The van der Waals surface area contributed by atoms with E-state index in [9.17, 15) is 18.0 Å². The smallest absolute Gasteiger partial charge is 0.355 e. The number of esters is 1. The SMILES string of the molecule is CCOC(=O)c1[nH]c2cc(Cl)ccc2c1-c1c(-c2ccc(F)cc2)ncn1Cc1ccc(OCc2cc(F)cc(F)c2)cc1. The highest BCUT2D eigenvalue weighted by Crippen LogP contribution is 2.40. The Morgan fingerprint density at radius 1 is 0.886 bits per heavy atom. The van der Waals surface area contributed by atoms with Crippen LogP contribution in [0.25, 0.3) is 33.4 Å². The van der Waals surface area contributed by atoms with Crippen LogP contribution in [0.3, 0.4) is 0 Å². The molecule has 6 aromatic rings. The number of carbonyl (C=O) groups excluding carboxylic acids is 1. The topological polar surface area (TPSA) is 69.1 Å². The predicted molar refractivity (Wildman–Crippen MR) is 162 cm³/mol. The van der Waals surface area contributed by atoms with Crippen LogP contribution in [-0.4, -0.2) is 27.1 Å². The number of nitrogens with zero attached hydrogens (tertiary/aromatic N) is 2. The van der Waals surface area contributed by atoms with Gasteiger partial charge in [-0.05, 0) is 78.7 Å². The summed E-state index contributed by atoms with van der Waals surface area (Å²) in [7, 11) is 0. The molecule has 0 radical (unpaired) electrons. The van der Waals surface area contributed by atoms with Gasteiger partial charge in [0.1, 0.15) is 35.5 Å². The normalized spacial score (nSPS) is 11.2. The number of aromatic amines is 1. The molecular formula is C34H25ClF3N3O3. The van der Waals surface area contributed by atoms with E-state index in [4.69, 9.17) is 26.1 Å². The van der Waals surface area contributed by atoms with Gasteiger partial charge in [-0.2, -0.15) is 0 Å². The van der Waals surface area contributed by atoms with Crippen molar-refractivity contribution in [3.8, 4) is 28.3 Å². The molecule has 222 valence electrons. The molecule has 0 atom stereocenters. The number of fused-ring (bicyclic) bond motifs is 1. The number of imidazole rings is 1. The van der Waals surface area contributed by atoms with E-state index in [1.54, 1.807) is 49.6 Å². The summed E-state index contributed by atoms with van der Waals surface area (Å²) in [6.45, 7) is 2.28. The van der Waals surface area contributed by atoms with E-state index < -0.39 is 17.6 Å². The number of benzene rings is 4.